The summed E-state index contributed by atoms with van der Waals surface area (Å²) in [5, 5.41) is 14.5. The van der Waals surface area contributed by atoms with Gasteiger partial charge in [0.2, 0.25) is 0 Å². The molecular formula is C14H15N3O3S. The number of nitrogens with zero attached hydrogens (tertiary/aromatic N) is 2. The maximum atomic E-state index is 12.3. The highest BCUT2D eigenvalue weighted by Gasteiger charge is 2.26. The van der Waals surface area contributed by atoms with Crippen LogP contribution in [0.4, 0.5) is 0 Å². The molecule has 110 valence electrons. The van der Waals surface area contributed by atoms with Crippen molar-refractivity contribution >= 4 is 23.2 Å². The van der Waals surface area contributed by atoms with Crippen LogP contribution in [-0.2, 0) is 5.54 Å². The average Bonchev–Trinajstić information content (AvgIpc) is 2.86. The maximum absolute atomic E-state index is 12.3. The molecule has 0 aromatic carbocycles. The topological polar surface area (TPSA) is 92.2 Å². The minimum absolute atomic E-state index is 0.162. The number of amides is 1. The zero-order valence-electron chi connectivity index (χ0n) is 11.9. The van der Waals surface area contributed by atoms with Gasteiger partial charge in [-0.2, -0.15) is 0 Å². The molecule has 2 rings (SSSR count). The predicted molar refractivity (Wildman–Crippen MR) is 78.5 cm³/mol. The van der Waals surface area contributed by atoms with Crippen molar-refractivity contribution in [3.63, 3.8) is 0 Å². The SMILES string of the molecule is Cc1csc(C(C)(C)NC(=O)c2ccnc(C(=O)O)c2)n1. The van der Waals surface area contributed by atoms with E-state index in [1.165, 1.54) is 29.7 Å². The highest BCUT2D eigenvalue weighted by atomic mass is 32.1. The van der Waals surface area contributed by atoms with Crippen LogP contribution in [0.2, 0.25) is 0 Å². The summed E-state index contributed by atoms with van der Waals surface area (Å²) in [4.78, 5) is 31.2. The fourth-order valence-electron chi connectivity index (χ4n) is 1.74. The lowest BCUT2D eigenvalue weighted by Crippen LogP contribution is -2.41. The maximum Gasteiger partial charge on any atom is 0.354 e. The first-order valence-electron chi connectivity index (χ1n) is 6.24. The molecule has 0 saturated carbocycles. The lowest BCUT2D eigenvalue weighted by molar-refractivity contribution is 0.0690. The van der Waals surface area contributed by atoms with Crippen molar-refractivity contribution in [3.05, 3.63) is 45.7 Å². The Hall–Kier alpha value is -2.28. The second kappa shape index (κ2) is 5.61. The summed E-state index contributed by atoms with van der Waals surface area (Å²) in [6, 6.07) is 2.73. The number of carboxylic acids is 1. The molecule has 0 atom stereocenters. The Bertz CT molecular complexity index is 694. The molecule has 0 bridgehead atoms. The highest BCUT2D eigenvalue weighted by molar-refractivity contribution is 7.09. The average molecular weight is 305 g/mol. The number of carbonyl (C=O) groups is 2. The van der Waals surface area contributed by atoms with E-state index in [0.717, 1.165) is 10.7 Å². The number of aromatic nitrogens is 2. The summed E-state index contributed by atoms with van der Waals surface area (Å²) in [5.41, 5.74) is 0.353. The lowest BCUT2D eigenvalue weighted by Gasteiger charge is -2.23. The van der Waals surface area contributed by atoms with Crippen LogP contribution in [0.5, 0.6) is 0 Å². The third kappa shape index (κ3) is 3.43. The van der Waals surface area contributed by atoms with Gasteiger partial charge in [0, 0.05) is 22.8 Å². The Labute approximate surface area is 125 Å². The van der Waals surface area contributed by atoms with Gasteiger partial charge in [-0.15, -0.1) is 11.3 Å². The van der Waals surface area contributed by atoms with Gasteiger partial charge < -0.3 is 10.4 Å². The molecule has 2 heterocycles. The van der Waals surface area contributed by atoms with Crippen molar-refractivity contribution in [2.75, 3.05) is 0 Å². The molecule has 0 radical (unpaired) electrons. The Morgan fingerprint density at radius 2 is 2.10 bits per heavy atom. The van der Waals surface area contributed by atoms with E-state index >= 15 is 0 Å². The Morgan fingerprint density at radius 3 is 2.67 bits per heavy atom. The number of rotatable bonds is 4. The van der Waals surface area contributed by atoms with Crippen LogP contribution >= 0.6 is 11.3 Å². The third-order valence-electron chi connectivity index (χ3n) is 2.82. The summed E-state index contributed by atoms with van der Waals surface area (Å²) in [5.74, 6) is -1.53. The van der Waals surface area contributed by atoms with Gasteiger partial charge in [-0.3, -0.25) is 4.79 Å². The monoisotopic (exact) mass is 305 g/mol. The van der Waals surface area contributed by atoms with E-state index in [4.69, 9.17) is 5.11 Å². The molecule has 0 aliphatic carbocycles. The third-order valence-corrected chi connectivity index (χ3v) is 4.10. The zero-order chi connectivity index (χ0) is 15.6. The van der Waals surface area contributed by atoms with Gasteiger partial charge in [-0.05, 0) is 32.9 Å². The largest absolute Gasteiger partial charge is 0.477 e. The minimum atomic E-state index is -1.17. The molecule has 2 N–H and O–H groups in total. The van der Waals surface area contributed by atoms with Crippen molar-refractivity contribution in [1.29, 1.82) is 0 Å². The van der Waals surface area contributed by atoms with Crippen LogP contribution in [0.25, 0.3) is 0 Å². The van der Waals surface area contributed by atoms with E-state index in [-0.39, 0.29) is 17.2 Å². The lowest BCUT2D eigenvalue weighted by atomic mass is 10.1. The first-order chi connectivity index (χ1) is 9.79. The number of hydrogen-bond acceptors (Lipinski definition) is 5. The van der Waals surface area contributed by atoms with Crippen LogP contribution in [0.15, 0.2) is 23.7 Å². The van der Waals surface area contributed by atoms with E-state index in [2.05, 4.69) is 15.3 Å². The van der Waals surface area contributed by atoms with Crippen molar-refractivity contribution < 1.29 is 14.7 Å². The second-order valence-electron chi connectivity index (χ2n) is 5.11. The van der Waals surface area contributed by atoms with Gasteiger partial charge in [0.15, 0.2) is 0 Å². The molecule has 2 aromatic heterocycles. The summed E-state index contributed by atoms with van der Waals surface area (Å²) in [7, 11) is 0. The molecule has 0 aliphatic heterocycles. The number of carboxylic acid groups (broad SMARTS) is 1. The minimum Gasteiger partial charge on any atom is -0.477 e. The summed E-state index contributed by atoms with van der Waals surface area (Å²) >= 11 is 1.47. The first kappa shape index (κ1) is 15.1. The Morgan fingerprint density at radius 1 is 1.38 bits per heavy atom. The first-order valence-corrected chi connectivity index (χ1v) is 7.12. The second-order valence-corrected chi connectivity index (χ2v) is 5.97. The molecule has 7 heteroatoms. The number of pyridine rings is 1. The van der Waals surface area contributed by atoms with Crippen LogP contribution in [0.3, 0.4) is 0 Å². The number of nitrogens with one attached hydrogen (secondary N) is 1. The van der Waals surface area contributed by atoms with Crippen molar-refractivity contribution in [2.45, 2.75) is 26.3 Å². The molecule has 0 unspecified atom stereocenters. The van der Waals surface area contributed by atoms with Crippen LogP contribution in [0.1, 0.15) is 45.4 Å². The molecule has 21 heavy (non-hydrogen) atoms. The fourth-order valence-corrected chi connectivity index (χ4v) is 2.62. The molecule has 0 aliphatic rings. The van der Waals surface area contributed by atoms with Crippen LogP contribution in [-0.4, -0.2) is 27.0 Å². The number of hydrogen-bond donors (Lipinski definition) is 2. The zero-order valence-corrected chi connectivity index (χ0v) is 12.7. The van der Waals surface area contributed by atoms with E-state index in [0.29, 0.717) is 0 Å². The molecule has 1 amide bonds. The molecule has 2 aromatic rings. The Kier molecular flexibility index (Phi) is 4.04. The standard InChI is InChI=1S/C14H15N3O3S/c1-8-7-21-13(16-8)14(2,3)17-11(18)9-4-5-15-10(6-9)12(19)20/h4-7H,1-3H3,(H,17,18)(H,19,20). The van der Waals surface area contributed by atoms with Gasteiger partial charge in [0.05, 0.1) is 5.54 Å². The highest BCUT2D eigenvalue weighted by Crippen LogP contribution is 2.24. The quantitative estimate of drug-likeness (QED) is 0.903. The van der Waals surface area contributed by atoms with Gasteiger partial charge in [0.1, 0.15) is 10.7 Å². The van der Waals surface area contributed by atoms with Crippen LogP contribution < -0.4 is 5.32 Å². The van der Waals surface area contributed by atoms with Crippen molar-refractivity contribution in [3.8, 4) is 0 Å². The van der Waals surface area contributed by atoms with Gasteiger partial charge in [-0.1, -0.05) is 0 Å². The van der Waals surface area contributed by atoms with Crippen molar-refractivity contribution in [2.24, 2.45) is 0 Å². The molecule has 0 fully saturated rings. The number of aromatic carboxylic acids is 1. The summed E-state index contributed by atoms with van der Waals surface area (Å²) < 4.78 is 0. The molecular weight excluding hydrogens is 290 g/mol. The normalized spacial score (nSPS) is 11.2. The molecule has 0 saturated heterocycles. The van der Waals surface area contributed by atoms with E-state index < -0.39 is 11.5 Å². The molecule has 6 nitrogen and oxygen atoms in total. The van der Waals surface area contributed by atoms with E-state index in [9.17, 15) is 9.59 Å². The smallest absolute Gasteiger partial charge is 0.354 e. The van der Waals surface area contributed by atoms with Gasteiger partial charge in [0.25, 0.3) is 5.91 Å². The van der Waals surface area contributed by atoms with Crippen LogP contribution in [0, 0.1) is 6.92 Å². The van der Waals surface area contributed by atoms with E-state index in [1.54, 1.807) is 0 Å². The number of aryl methyl sites for hydroxylation is 1. The molecule has 0 spiro atoms. The van der Waals surface area contributed by atoms with Gasteiger partial charge >= 0.3 is 5.97 Å². The van der Waals surface area contributed by atoms with Crippen molar-refractivity contribution in [1.82, 2.24) is 15.3 Å². The summed E-state index contributed by atoms with van der Waals surface area (Å²) in [6.07, 6.45) is 1.30. The number of carbonyl (C=O) groups excluding carboxylic acids is 1. The van der Waals surface area contributed by atoms with Gasteiger partial charge in [-0.25, -0.2) is 14.8 Å². The number of thiazole rings is 1. The van der Waals surface area contributed by atoms with E-state index in [1.807, 2.05) is 26.2 Å². The predicted octanol–water partition coefficient (Wildman–Crippen LogP) is 2.21. The fraction of sp³-hybridized carbons (Fsp3) is 0.286. The summed E-state index contributed by atoms with van der Waals surface area (Å²) in [6.45, 7) is 5.59. The Balaban J connectivity index is 2.21.